The summed E-state index contributed by atoms with van der Waals surface area (Å²) in [5.41, 5.74) is 0.480. The van der Waals surface area contributed by atoms with E-state index in [2.05, 4.69) is 15.5 Å². The molecule has 0 unspecified atom stereocenters. The van der Waals surface area contributed by atoms with Crippen molar-refractivity contribution in [1.82, 2.24) is 0 Å². The fourth-order valence-corrected chi connectivity index (χ4v) is 3.85. The molecule has 2 aromatic rings. The van der Waals surface area contributed by atoms with Gasteiger partial charge in [0.15, 0.2) is 0 Å². The number of nitrogens with one attached hydrogen (secondary N) is 1. The Bertz CT molecular complexity index is 756. The zero-order valence-electron chi connectivity index (χ0n) is 12.8. The molecule has 1 N–H and O–H groups in total. The van der Waals surface area contributed by atoms with Gasteiger partial charge in [0, 0.05) is 10.6 Å². The van der Waals surface area contributed by atoms with Crippen molar-refractivity contribution in [3.63, 3.8) is 0 Å². The maximum Gasteiger partial charge on any atom is 0.266 e. The lowest BCUT2D eigenvalue weighted by molar-refractivity contribution is -0.118. The van der Waals surface area contributed by atoms with E-state index >= 15 is 0 Å². The summed E-state index contributed by atoms with van der Waals surface area (Å²) in [6.07, 6.45) is 0. The molecular weight excluding hydrogens is 349 g/mol. The van der Waals surface area contributed by atoms with Gasteiger partial charge in [0.25, 0.3) is 5.91 Å². The first-order valence-corrected chi connectivity index (χ1v) is 8.64. The quantitative estimate of drug-likeness (QED) is 0.799. The maximum absolute atomic E-state index is 13.0. The first-order chi connectivity index (χ1) is 11.5. The minimum absolute atomic E-state index is 0.276. The number of benzene rings is 2. The van der Waals surface area contributed by atoms with E-state index in [1.807, 2.05) is 37.3 Å². The molecule has 3 atom stereocenters. The number of anilines is 1. The zero-order valence-corrected chi connectivity index (χ0v) is 14.4. The van der Waals surface area contributed by atoms with Gasteiger partial charge in [0.05, 0.1) is 6.04 Å². The Morgan fingerprint density at radius 1 is 1.21 bits per heavy atom. The van der Waals surface area contributed by atoms with Crippen LogP contribution in [0.1, 0.15) is 6.92 Å². The predicted molar refractivity (Wildman–Crippen MR) is 94.0 cm³/mol. The van der Waals surface area contributed by atoms with Crippen LogP contribution in [0.3, 0.4) is 0 Å². The molecule has 0 spiro atoms. The topological polar surface area (TPSA) is 53.8 Å². The molecule has 0 aromatic heterocycles. The van der Waals surface area contributed by atoms with Gasteiger partial charge in [0.2, 0.25) is 4.87 Å². The van der Waals surface area contributed by atoms with E-state index in [0.717, 1.165) is 4.90 Å². The standard InChI is InChI=1S/C17H15ClFN3OS/c1-11-15(18)17(22-21-11,24-14-5-3-2-4-6-14)16(23)20-13-9-7-12(19)8-10-13/h2-11,15H,1H3,(H,20,23)/t11-,15-,17+/m0/s1. The summed E-state index contributed by atoms with van der Waals surface area (Å²) in [7, 11) is 0. The highest BCUT2D eigenvalue weighted by Gasteiger charge is 2.53. The van der Waals surface area contributed by atoms with E-state index in [9.17, 15) is 9.18 Å². The fourth-order valence-electron chi connectivity index (χ4n) is 2.33. The van der Waals surface area contributed by atoms with Gasteiger partial charge in [-0.3, -0.25) is 4.79 Å². The highest BCUT2D eigenvalue weighted by Crippen LogP contribution is 2.45. The van der Waals surface area contributed by atoms with Gasteiger partial charge in [-0.2, -0.15) is 10.2 Å². The van der Waals surface area contributed by atoms with Crippen molar-refractivity contribution in [3.05, 3.63) is 60.4 Å². The largest absolute Gasteiger partial charge is 0.323 e. The average Bonchev–Trinajstić information content (AvgIpc) is 2.87. The number of hydrogen-bond acceptors (Lipinski definition) is 4. The van der Waals surface area contributed by atoms with Gasteiger partial charge in [-0.15, -0.1) is 11.6 Å². The number of alkyl halides is 1. The minimum Gasteiger partial charge on any atom is -0.323 e. The number of azo groups is 1. The van der Waals surface area contributed by atoms with Gasteiger partial charge in [-0.25, -0.2) is 4.39 Å². The third kappa shape index (κ3) is 3.30. The van der Waals surface area contributed by atoms with Crippen molar-refractivity contribution in [2.24, 2.45) is 10.2 Å². The Hall–Kier alpha value is -1.92. The number of carbonyl (C=O) groups is 1. The Morgan fingerprint density at radius 2 is 1.88 bits per heavy atom. The summed E-state index contributed by atoms with van der Waals surface area (Å²) in [4.78, 5) is 12.5. The Morgan fingerprint density at radius 3 is 2.46 bits per heavy atom. The Labute approximate surface area is 148 Å². The second-order valence-electron chi connectivity index (χ2n) is 5.43. The van der Waals surface area contributed by atoms with Crippen molar-refractivity contribution in [2.75, 3.05) is 5.32 Å². The van der Waals surface area contributed by atoms with Gasteiger partial charge in [0.1, 0.15) is 11.2 Å². The van der Waals surface area contributed by atoms with Gasteiger partial charge < -0.3 is 5.32 Å². The fraction of sp³-hybridized carbons (Fsp3) is 0.235. The second kappa shape index (κ2) is 6.91. The van der Waals surface area contributed by atoms with Crippen LogP contribution in [-0.4, -0.2) is 22.2 Å². The number of rotatable bonds is 4. The zero-order chi connectivity index (χ0) is 17.2. The molecule has 0 radical (unpaired) electrons. The number of thioether (sulfide) groups is 1. The van der Waals surface area contributed by atoms with E-state index in [4.69, 9.17) is 11.6 Å². The van der Waals surface area contributed by atoms with E-state index in [-0.39, 0.29) is 17.8 Å². The third-order valence-electron chi connectivity index (χ3n) is 3.63. The first kappa shape index (κ1) is 16.9. The molecule has 4 nitrogen and oxygen atoms in total. The molecule has 1 aliphatic rings. The molecule has 1 aliphatic heterocycles. The van der Waals surface area contributed by atoms with Crippen molar-refractivity contribution < 1.29 is 9.18 Å². The minimum atomic E-state index is -1.27. The summed E-state index contributed by atoms with van der Waals surface area (Å²) < 4.78 is 13.0. The van der Waals surface area contributed by atoms with Gasteiger partial charge in [-0.05, 0) is 43.3 Å². The molecule has 0 bridgehead atoms. The normalized spacial score (nSPS) is 25.6. The van der Waals surface area contributed by atoms with Crippen LogP contribution in [0.15, 0.2) is 69.7 Å². The number of nitrogens with zero attached hydrogens (tertiary/aromatic N) is 2. The molecule has 0 fully saturated rings. The highest BCUT2D eigenvalue weighted by molar-refractivity contribution is 8.01. The maximum atomic E-state index is 13.0. The average molecular weight is 364 g/mol. The molecule has 0 aliphatic carbocycles. The monoisotopic (exact) mass is 363 g/mol. The summed E-state index contributed by atoms with van der Waals surface area (Å²) in [6.45, 7) is 1.82. The van der Waals surface area contributed by atoms with Gasteiger partial charge >= 0.3 is 0 Å². The summed E-state index contributed by atoms with van der Waals surface area (Å²) in [5, 5.41) is 10.5. The Kier molecular flexibility index (Phi) is 4.87. The number of halogens is 2. The molecule has 3 rings (SSSR count). The van der Waals surface area contributed by atoms with E-state index < -0.39 is 10.2 Å². The molecule has 2 aromatic carbocycles. The number of hydrogen-bond donors (Lipinski definition) is 1. The summed E-state index contributed by atoms with van der Waals surface area (Å²) in [5.74, 6) is -0.748. The molecule has 1 heterocycles. The summed E-state index contributed by atoms with van der Waals surface area (Å²) in [6, 6.07) is 14.7. The lowest BCUT2D eigenvalue weighted by Gasteiger charge is -2.27. The summed E-state index contributed by atoms with van der Waals surface area (Å²) >= 11 is 7.76. The molecule has 0 saturated carbocycles. The van der Waals surface area contributed by atoms with Crippen LogP contribution >= 0.6 is 23.4 Å². The van der Waals surface area contributed by atoms with Crippen molar-refractivity contribution in [1.29, 1.82) is 0 Å². The highest BCUT2D eigenvalue weighted by atomic mass is 35.5. The van der Waals surface area contributed by atoms with E-state index in [1.165, 1.54) is 36.0 Å². The van der Waals surface area contributed by atoms with Crippen LogP contribution < -0.4 is 5.32 Å². The number of carbonyl (C=O) groups excluding carboxylic acids is 1. The molecule has 0 saturated heterocycles. The van der Waals surface area contributed by atoms with Crippen LogP contribution in [0.5, 0.6) is 0 Å². The lowest BCUT2D eigenvalue weighted by atomic mass is 10.1. The number of amides is 1. The van der Waals surface area contributed by atoms with Crippen LogP contribution in [0.25, 0.3) is 0 Å². The van der Waals surface area contributed by atoms with Crippen LogP contribution in [0.2, 0.25) is 0 Å². The smallest absolute Gasteiger partial charge is 0.266 e. The lowest BCUT2D eigenvalue weighted by Crippen LogP contribution is -2.46. The van der Waals surface area contributed by atoms with Crippen molar-refractivity contribution in [2.45, 2.75) is 28.1 Å². The van der Waals surface area contributed by atoms with E-state index in [0.29, 0.717) is 5.69 Å². The first-order valence-electron chi connectivity index (χ1n) is 7.38. The third-order valence-corrected chi connectivity index (χ3v) is 5.78. The SMILES string of the molecule is C[C@@H]1N=N[C@](Sc2ccccc2)(C(=O)Nc2ccc(F)cc2)[C@H]1Cl. The molecule has 24 heavy (non-hydrogen) atoms. The molecular formula is C17H15ClFN3OS. The van der Waals surface area contributed by atoms with E-state index in [1.54, 1.807) is 0 Å². The van der Waals surface area contributed by atoms with Crippen LogP contribution in [0.4, 0.5) is 10.1 Å². The molecule has 1 amide bonds. The van der Waals surface area contributed by atoms with Crippen LogP contribution in [0, 0.1) is 5.82 Å². The van der Waals surface area contributed by atoms with Crippen molar-refractivity contribution in [3.8, 4) is 0 Å². The van der Waals surface area contributed by atoms with Gasteiger partial charge in [-0.1, -0.05) is 30.0 Å². The predicted octanol–water partition coefficient (Wildman–Crippen LogP) is 4.71. The molecule has 7 heteroatoms. The second-order valence-corrected chi connectivity index (χ2v) is 7.20. The van der Waals surface area contributed by atoms with Crippen molar-refractivity contribution >= 4 is 35.0 Å². The molecule has 124 valence electrons. The Balaban J connectivity index is 1.89. The van der Waals surface area contributed by atoms with Crippen LogP contribution in [-0.2, 0) is 4.79 Å².